The lowest BCUT2D eigenvalue weighted by Crippen LogP contribution is -2.38. The number of hydrogen-bond acceptors (Lipinski definition) is 8. The summed E-state index contributed by atoms with van der Waals surface area (Å²) in [5.74, 6) is 2.81. The number of fused-ring (bicyclic) bond motifs is 1. The number of H-pyrrole nitrogens is 1. The number of nitrogens with one attached hydrogen (secondary N) is 2. The number of aromatic amines is 1. The van der Waals surface area contributed by atoms with Crippen molar-refractivity contribution in [3.8, 4) is 11.3 Å². The van der Waals surface area contributed by atoms with Gasteiger partial charge in [-0.25, -0.2) is 9.97 Å². The number of amides is 1. The minimum Gasteiger partial charge on any atom is -0.341 e. The number of carbonyl (C=O) groups is 1. The zero-order valence-corrected chi connectivity index (χ0v) is 18.0. The molecular formula is C19H20N8OS2. The molecule has 1 amide bonds. The van der Waals surface area contributed by atoms with Gasteiger partial charge in [-0.2, -0.15) is 21.2 Å². The monoisotopic (exact) mass is 440 g/mol. The van der Waals surface area contributed by atoms with E-state index in [0.29, 0.717) is 17.9 Å². The summed E-state index contributed by atoms with van der Waals surface area (Å²) in [5.41, 5.74) is 4.23. The lowest BCUT2D eigenvalue weighted by atomic mass is 10.2. The van der Waals surface area contributed by atoms with Crippen LogP contribution in [0.5, 0.6) is 0 Å². The highest BCUT2D eigenvalue weighted by Crippen LogP contribution is 2.27. The summed E-state index contributed by atoms with van der Waals surface area (Å²) < 4.78 is 6.45. The second-order valence-corrected chi connectivity index (χ2v) is 9.06. The lowest BCUT2D eigenvalue weighted by Gasteiger charge is -2.26. The molecule has 0 unspecified atom stereocenters. The number of aryl methyl sites for hydroxylation is 1. The maximum atomic E-state index is 12.5. The largest absolute Gasteiger partial charge is 0.341 e. The molecule has 0 bridgehead atoms. The molecule has 1 aliphatic heterocycles. The van der Waals surface area contributed by atoms with E-state index in [2.05, 4.69) is 29.9 Å². The first-order valence-corrected chi connectivity index (χ1v) is 11.5. The number of aromatic nitrogens is 6. The third-order valence-corrected chi connectivity index (χ3v) is 6.59. The van der Waals surface area contributed by atoms with Crippen molar-refractivity contribution >= 4 is 45.7 Å². The van der Waals surface area contributed by atoms with Crippen molar-refractivity contribution in [3.05, 3.63) is 42.2 Å². The van der Waals surface area contributed by atoms with E-state index in [0.717, 1.165) is 52.2 Å². The molecule has 4 aromatic heterocycles. The second kappa shape index (κ2) is 8.07. The number of hydrogen-bond donors (Lipinski definition) is 2. The predicted molar refractivity (Wildman–Crippen MR) is 118 cm³/mol. The van der Waals surface area contributed by atoms with Gasteiger partial charge in [-0.1, -0.05) is 0 Å². The first kappa shape index (κ1) is 19.1. The van der Waals surface area contributed by atoms with Crippen molar-refractivity contribution < 1.29 is 4.79 Å². The van der Waals surface area contributed by atoms with Gasteiger partial charge in [-0.15, -0.1) is 0 Å². The van der Waals surface area contributed by atoms with Crippen LogP contribution < -0.4 is 5.32 Å². The molecule has 9 nitrogen and oxygen atoms in total. The van der Waals surface area contributed by atoms with Gasteiger partial charge in [0.25, 0.3) is 0 Å². The van der Waals surface area contributed by atoms with Crippen LogP contribution >= 0.6 is 23.3 Å². The minimum atomic E-state index is 0.140. The van der Waals surface area contributed by atoms with Gasteiger partial charge < -0.3 is 10.2 Å². The number of anilines is 2. The third kappa shape index (κ3) is 3.77. The van der Waals surface area contributed by atoms with E-state index in [1.807, 2.05) is 46.4 Å². The highest BCUT2D eigenvalue weighted by Gasteiger charge is 2.19. The topological polar surface area (TPSA) is 104 Å². The van der Waals surface area contributed by atoms with E-state index in [1.165, 1.54) is 11.5 Å². The molecule has 0 radical (unpaired) electrons. The van der Waals surface area contributed by atoms with Crippen molar-refractivity contribution in [2.75, 3.05) is 29.9 Å². The Morgan fingerprint density at radius 2 is 2.17 bits per heavy atom. The fraction of sp³-hybridized carbons (Fsp3) is 0.316. The van der Waals surface area contributed by atoms with E-state index >= 15 is 0 Å². The van der Waals surface area contributed by atoms with Crippen molar-refractivity contribution in [3.63, 3.8) is 0 Å². The molecular weight excluding hydrogens is 420 g/mol. The first-order chi connectivity index (χ1) is 14.7. The van der Waals surface area contributed by atoms with Gasteiger partial charge in [-0.05, 0) is 24.5 Å². The van der Waals surface area contributed by atoms with E-state index in [-0.39, 0.29) is 5.91 Å². The Hall–Kier alpha value is -2.92. The molecule has 0 aliphatic carbocycles. The summed E-state index contributed by atoms with van der Waals surface area (Å²) in [6, 6.07) is 1.92. The normalized spacial score (nSPS) is 14.4. The van der Waals surface area contributed by atoms with Crippen LogP contribution in [-0.2, 0) is 11.2 Å². The fourth-order valence-corrected chi connectivity index (χ4v) is 5.01. The molecule has 5 heterocycles. The molecule has 2 N–H and O–H groups in total. The molecule has 4 aromatic rings. The number of nitrogens with zero attached hydrogens (tertiary/aromatic N) is 6. The number of rotatable bonds is 5. The molecule has 1 saturated heterocycles. The van der Waals surface area contributed by atoms with Crippen LogP contribution in [0.1, 0.15) is 11.4 Å². The Bertz CT molecular complexity index is 1180. The van der Waals surface area contributed by atoms with Crippen LogP contribution in [0.4, 0.5) is 10.8 Å². The maximum absolute atomic E-state index is 12.5. The minimum absolute atomic E-state index is 0.140. The average molecular weight is 441 g/mol. The fourth-order valence-electron chi connectivity index (χ4n) is 3.45. The van der Waals surface area contributed by atoms with Gasteiger partial charge in [0.15, 0.2) is 11.5 Å². The van der Waals surface area contributed by atoms with Crippen LogP contribution in [-0.4, -0.2) is 64.3 Å². The Balaban J connectivity index is 1.37. The Labute approximate surface area is 181 Å². The Kier molecular flexibility index (Phi) is 5.13. The van der Waals surface area contributed by atoms with E-state index in [4.69, 9.17) is 0 Å². The van der Waals surface area contributed by atoms with Crippen molar-refractivity contribution in [1.82, 2.24) is 33.8 Å². The molecule has 5 rings (SSSR count). The summed E-state index contributed by atoms with van der Waals surface area (Å²) in [5, 5.41) is 11.0. The summed E-state index contributed by atoms with van der Waals surface area (Å²) >= 11 is 3.22. The Morgan fingerprint density at radius 3 is 2.97 bits per heavy atom. The molecule has 0 saturated carbocycles. The van der Waals surface area contributed by atoms with Gasteiger partial charge in [0.2, 0.25) is 5.91 Å². The summed E-state index contributed by atoms with van der Waals surface area (Å²) in [6.45, 7) is 3.59. The van der Waals surface area contributed by atoms with Crippen LogP contribution in [0.15, 0.2) is 30.9 Å². The van der Waals surface area contributed by atoms with Gasteiger partial charge >= 0.3 is 0 Å². The molecule has 1 fully saturated rings. The zero-order valence-electron chi connectivity index (χ0n) is 16.3. The first-order valence-electron chi connectivity index (χ1n) is 9.59. The van der Waals surface area contributed by atoms with Gasteiger partial charge in [0.05, 0.1) is 35.9 Å². The summed E-state index contributed by atoms with van der Waals surface area (Å²) in [6.07, 6.45) is 7.68. The third-order valence-electron chi connectivity index (χ3n) is 4.90. The van der Waals surface area contributed by atoms with E-state index < -0.39 is 0 Å². The average Bonchev–Trinajstić information content (AvgIpc) is 3.49. The number of carbonyl (C=O) groups excluding carboxylic acids is 1. The van der Waals surface area contributed by atoms with E-state index in [9.17, 15) is 4.79 Å². The van der Waals surface area contributed by atoms with Gasteiger partial charge in [0, 0.05) is 42.6 Å². The van der Waals surface area contributed by atoms with Crippen LogP contribution in [0.25, 0.3) is 16.9 Å². The second-order valence-electron chi connectivity index (χ2n) is 7.03. The molecule has 0 aromatic carbocycles. The SMILES string of the molecule is Cc1cn2c(-c3cn[nH]c3)cnc2c(Nc2cc(CC(=O)N3CCSCC3)ns2)n1. The van der Waals surface area contributed by atoms with Crippen molar-refractivity contribution in [2.24, 2.45) is 0 Å². The molecule has 1 aliphatic rings. The quantitative estimate of drug-likeness (QED) is 0.492. The molecule has 0 atom stereocenters. The van der Waals surface area contributed by atoms with Crippen molar-refractivity contribution in [1.29, 1.82) is 0 Å². The summed E-state index contributed by atoms with van der Waals surface area (Å²) in [4.78, 5) is 23.6. The predicted octanol–water partition coefficient (Wildman–Crippen LogP) is 2.75. The summed E-state index contributed by atoms with van der Waals surface area (Å²) in [7, 11) is 0. The highest BCUT2D eigenvalue weighted by molar-refractivity contribution is 7.99. The van der Waals surface area contributed by atoms with Crippen LogP contribution in [0.3, 0.4) is 0 Å². The maximum Gasteiger partial charge on any atom is 0.228 e. The van der Waals surface area contributed by atoms with Gasteiger partial charge in [0.1, 0.15) is 5.00 Å². The molecule has 0 spiro atoms. The standard InChI is InChI=1S/C19H20N8OS2/c1-12-11-27-15(13-8-21-22-9-13)10-20-19(27)18(23-12)24-16-6-14(25-30-16)7-17(28)26-2-4-29-5-3-26/h6,8-11H,2-5,7H2,1H3,(H,21,22)(H,23,24). The van der Waals surface area contributed by atoms with Crippen molar-refractivity contribution in [2.45, 2.75) is 13.3 Å². The lowest BCUT2D eigenvalue weighted by molar-refractivity contribution is -0.130. The molecule has 154 valence electrons. The zero-order chi connectivity index (χ0) is 20.5. The highest BCUT2D eigenvalue weighted by atomic mass is 32.2. The Morgan fingerprint density at radius 1 is 1.30 bits per heavy atom. The smallest absolute Gasteiger partial charge is 0.228 e. The van der Waals surface area contributed by atoms with E-state index in [1.54, 1.807) is 12.4 Å². The number of imidazole rings is 1. The number of thioether (sulfide) groups is 1. The van der Waals surface area contributed by atoms with Crippen LogP contribution in [0.2, 0.25) is 0 Å². The molecule has 30 heavy (non-hydrogen) atoms. The molecule has 11 heteroatoms. The van der Waals surface area contributed by atoms with Gasteiger partial charge in [-0.3, -0.25) is 14.3 Å². The van der Waals surface area contributed by atoms with Crippen LogP contribution in [0, 0.1) is 6.92 Å².